The molecule has 9 heteroatoms. The number of ether oxygens (including phenoxy) is 2. The molecule has 0 radical (unpaired) electrons. The molecule has 0 amide bonds. The van der Waals surface area contributed by atoms with Crippen molar-refractivity contribution in [3.63, 3.8) is 0 Å². The highest BCUT2D eigenvalue weighted by atomic mass is 79.9. The number of carbonyl (C=O) groups excluding carboxylic acids is 1. The number of benzene rings is 2. The first kappa shape index (κ1) is 21.7. The largest absolute Gasteiger partial charge is 0.610 e. The SMILES string of the molecule is COc1cc(C[S+]([O-])c2[nH]c3c(Br)ccc(Cl)c3c(=O)c2C(C)=O)cc(OC)c1. The number of rotatable bonds is 6. The third kappa shape index (κ3) is 4.30. The maximum atomic E-state index is 13.2. The highest BCUT2D eigenvalue weighted by Gasteiger charge is 2.27. The predicted molar refractivity (Wildman–Crippen MR) is 117 cm³/mol. The van der Waals surface area contributed by atoms with Gasteiger partial charge in [0.05, 0.1) is 30.1 Å². The molecule has 0 aliphatic carbocycles. The molecular weight excluding hydrogens is 482 g/mol. The zero-order chi connectivity index (χ0) is 21.3. The van der Waals surface area contributed by atoms with Crippen molar-refractivity contribution in [3.05, 3.63) is 61.2 Å². The first-order chi connectivity index (χ1) is 13.8. The smallest absolute Gasteiger partial charge is 0.238 e. The fourth-order valence-corrected chi connectivity index (χ4v) is 4.93. The van der Waals surface area contributed by atoms with Gasteiger partial charge in [0, 0.05) is 27.3 Å². The molecule has 0 aliphatic heterocycles. The van der Waals surface area contributed by atoms with Gasteiger partial charge in [-0.3, -0.25) is 9.59 Å². The Morgan fingerprint density at radius 2 is 1.83 bits per heavy atom. The van der Waals surface area contributed by atoms with Gasteiger partial charge in [-0.05, 0) is 47.1 Å². The Morgan fingerprint density at radius 1 is 1.21 bits per heavy atom. The Bertz CT molecular complexity index is 1140. The van der Waals surface area contributed by atoms with Crippen molar-refractivity contribution in [2.75, 3.05) is 14.2 Å². The van der Waals surface area contributed by atoms with Gasteiger partial charge in [0.15, 0.2) is 5.78 Å². The minimum atomic E-state index is -1.72. The quantitative estimate of drug-likeness (QED) is 0.400. The van der Waals surface area contributed by atoms with Crippen LogP contribution in [-0.4, -0.2) is 29.5 Å². The van der Waals surface area contributed by atoms with E-state index in [1.807, 2.05) is 0 Å². The highest BCUT2D eigenvalue weighted by Crippen LogP contribution is 2.30. The third-order valence-corrected chi connectivity index (χ3v) is 6.64. The van der Waals surface area contributed by atoms with Gasteiger partial charge in [-0.15, -0.1) is 0 Å². The van der Waals surface area contributed by atoms with E-state index in [1.54, 1.807) is 30.3 Å². The first-order valence-corrected chi connectivity index (χ1v) is 10.9. The van der Waals surface area contributed by atoms with E-state index in [-0.39, 0.29) is 26.8 Å². The van der Waals surface area contributed by atoms with E-state index in [9.17, 15) is 14.1 Å². The number of H-pyrrole nitrogens is 1. The Labute approximate surface area is 183 Å². The van der Waals surface area contributed by atoms with Crippen molar-refractivity contribution in [1.29, 1.82) is 0 Å². The normalized spacial score (nSPS) is 12.1. The van der Waals surface area contributed by atoms with E-state index in [0.717, 1.165) is 0 Å². The molecule has 0 aliphatic rings. The Hall–Kier alpha value is -2.00. The molecule has 2 aromatic carbocycles. The number of methoxy groups -OCH3 is 2. The van der Waals surface area contributed by atoms with Crippen LogP contribution in [0.25, 0.3) is 10.9 Å². The molecule has 152 valence electrons. The molecule has 1 atom stereocenters. The van der Waals surface area contributed by atoms with Crippen LogP contribution in [0.5, 0.6) is 11.5 Å². The van der Waals surface area contributed by atoms with Gasteiger partial charge < -0.3 is 19.0 Å². The summed E-state index contributed by atoms with van der Waals surface area (Å²) in [5.74, 6) is 0.651. The van der Waals surface area contributed by atoms with E-state index < -0.39 is 22.4 Å². The van der Waals surface area contributed by atoms with Gasteiger partial charge in [0.2, 0.25) is 10.5 Å². The van der Waals surface area contributed by atoms with Crippen molar-refractivity contribution >= 4 is 55.4 Å². The lowest BCUT2D eigenvalue weighted by Gasteiger charge is -2.15. The minimum Gasteiger partial charge on any atom is -0.610 e. The maximum Gasteiger partial charge on any atom is 0.238 e. The van der Waals surface area contributed by atoms with Gasteiger partial charge in [0.25, 0.3) is 0 Å². The molecule has 1 aromatic heterocycles. The van der Waals surface area contributed by atoms with Crippen molar-refractivity contribution in [1.82, 2.24) is 4.98 Å². The van der Waals surface area contributed by atoms with Gasteiger partial charge >= 0.3 is 0 Å². The number of fused-ring (bicyclic) bond motifs is 1. The standard InChI is InChI=1S/C20H17BrClNO5S/c1-10(24)16-19(25)17-15(22)5-4-14(21)18(17)23-20(16)29(26)9-11-6-12(27-2)8-13(7-11)28-3/h4-8H,9H2,1-3H3,(H,23,25). The van der Waals surface area contributed by atoms with Crippen LogP contribution >= 0.6 is 27.5 Å². The summed E-state index contributed by atoms with van der Waals surface area (Å²) in [6.07, 6.45) is 0. The fourth-order valence-electron chi connectivity index (χ4n) is 2.96. The lowest BCUT2D eigenvalue weighted by atomic mass is 10.1. The summed E-state index contributed by atoms with van der Waals surface area (Å²) in [6.45, 7) is 1.26. The molecule has 0 spiro atoms. The molecule has 3 rings (SSSR count). The number of nitrogens with one attached hydrogen (secondary N) is 1. The lowest BCUT2D eigenvalue weighted by molar-refractivity contribution is 0.101. The zero-order valence-electron chi connectivity index (χ0n) is 15.8. The second-order valence-corrected chi connectivity index (χ2v) is 8.85. The van der Waals surface area contributed by atoms with Crippen LogP contribution in [0, 0.1) is 0 Å². The number of hydrogen-bond donors (Lipinski definition) is 1. The average Bonchev–Trinajstić information content (AvgIpc) is 2.69. The van der Waals surface area contributed by atoms with E-state index in [0.29, 0.717) is 27.1 Å². The zero-order valence-corrected chi connectivity index (χ0v) is 19.0. The molecule has 0 bridgehead atoms. The van der Waals surface area contributed by atoms with Crippen molar-refractivity contribution < 1.29 is 18.8 Å². The molecule has 3 aromatic rings. The van der Waals surface area contributed by atoms with Crippen LogP contribution in [0.3, 0.4) is 0 Å². The second kappa shape index (κ2) is 8.79. The Balaban J connectivity index is 2.16. The Kier molecular flexibility index (Phi) is 6.58. The fraction of sp³-hybridized carbons (Fsp3) is 0.200. The number of aromatic amines is 1. The molecule has 0 saturated carbocycles. The number of pyridine rings is 1. The second-order valence-electron chi connectivity index (χ2n) is 6.20. The molecule has 29 heavy (non-hydrogen) atoms. The van der Waals surface area contributed by atoms with Crippen LogP contribution in [0.1, 0.15) is 22.8 Å². The minimum absolute atomic E-state index is 0.0491. The summed E-state index contributed by atoms with van der Waals surface area (Å²) in [4.78, 5) is 28.2. The van der Waals surface area contributed by atoms with Gasteiger partial charge in [-0.2, -0.15) is 0 Å². The molecule has 0 saturated heterocycles. The van der Waals surface area contributed by atoms with Crippen molar-refractivity contribution in [2.24, 2.45) is 0 Å². The monoisotopic (exact) mass is 497 g/mol. The molecule has 1 heterocycles. The van der Waals surface area contributed by atoms with Gasteiger partial charge in [-0.25, -0.2) is 0 Å². The summed E-state index contributed by atoms with van der Waals surface area (Å²) in [5, 5.41) is 0.441. The van der Waals surface area contributed by atoms with E-state index >= 15 is 0 Å². The average molecular weight is 499 g/mol. The van der Waals surface area contributed by atoms with Crippen LogP contribution in [-0.2, 0) is 16.9 Å². The number of hydrogen-bond acceptors (Lipinski definition) is 5. The first-order valence-electron chi connectivity index (χ1n) is 8.42. The number of Topliss-reactive ketones (excluding diaryl/α,β-unsaturated/α-hetero) is 1. The maximum absolute atomic E-state index is 13.2. The lowest BCUT2D eigenvalue weighted by Crippen LogP contribution is -2.22. The molecule has 6 nitrogen and oxygen atoms in total. The third-order valence-electron chi connectivity index (χ3n) is 4.31. The molecule has 1 unspecified atom stereocenters. The number of aromatic nitrogens is 1. The highest BCUT2D eigenvalue weighted by molar-refractivity contribution is 9.10. The summed E-state index contributed by atoms with van der Waals surface area (Å²) < 4.78 is 24.2. The topological polar surface area (TPSA) is 91.5 Å². The Morgan fingerprint density at radius 3 is 2.38 bits per heavy atom. The van der Waals surface area contributed by atoms with E-state index in [2.05, 4.69) is 20.9 Å². The van der Waals surface area contributed by atoms with Crippen molar-refractivity contribution in [3.8, 4) is 11.5 Å². The summed E-state index contributed by atoms with van der Waals surface area (Å²) in [7, 11) is 3.04. The van der Waals surface area contributed by atoms with Crippen LogP contribution < -0.4 is 14.9 Å². The van der Waals surface area contributed by atoms with Crippen molar-refractivity contribution in [2.45, 2.75) is 17.7 Å². The molecule has 1 N–H and O–H groups in total. The summed E-state index contributed by atoms with van der Waals surface area (Å²) in [6, 6.07) is 8.38. The van der Waals surface area contributed by atoms with Crippen LogP contribution in [0.15, 0.2) is 44.6 Å². The van der Waals surface area contributed by atoms with Gasteiger partial charge in [-0.1, -0.05) is 11.6 Å². The van der Waals surface area contributed by atoms with E-state index in [1.165, 1.54) is 21.1 Å². The number of carbonyl (C=O) groups is 1. The van der Waals surface area contributed by atoms with Crippen LogP contribution in [0.2, 0.25) is 5.02 Å². The summed E-state index contributed by atoms with van der Waals surface area (Å²) >= 11 is 7.83. The van der Waals surface area contributed by atoms with E-state index in [4.69, 9.17) is 21.1 Å². The summed E-state index contributed by atoms with van der Waals surface area (Å²) in [5.41, 5.74) is 0.342. The molecular formula is C20H17BrClNO5S. The predicted octanol–water partition coefficient (Wildman–Crippen LogP) is 4.47. The number of ketones is 1. The molecule has 0 fully saturated rings. The van der Waals surface area contributed by atoms with Gasteiger partial charge in [0.1, 0.15) is 22.8 Å². The van der Waals surface area contributed by atoms with Crippen LogP contribution in [0.4, 0.5) is 0 Å². The number of halogens is 2.